The molecule has 1 saturated carbocycles. The molecule has 4 nitrogen and oxygen atoms in total. The molecule has 0 spiro atoms. The zero-order valence-corrected chi connectivity index (χ0v) is 11.0. The zero-order chi connectivity index (χ0) is 13.8. The Morgan fingerprint density at radius 3 is 2.58 bits per heavy atom. The zero-order valence-electron chi connectivity index (χ0n) is 10.3. The van der Waals surface area contributed by atoms with Crippen molar-refractivity contribution in [2.75, 3.05) is 5.32 Å². The van der Waals surface area contributed by atoms with Crippen molar-refractivity contribution in [1.29, 1.82) is 5.26 Å². The summed E-state index contributed by atoms with van der Waals surface area (Å²) in [5.41, 5.74) is 0.766. The number of nitrogens with one attached hydrogen (secondary N) is 1. The minimum Gasteiger partial charge on any atom is -0.319 e. The van der Waals surface area contributed by atoms with Crippen molar-refractivity contribution in [3.8, 4) is 6.07 Å². The first-order chi connectivity index (χ1) is 9.11. The Bertz CT molecular complexity index is 557. The first-order valence-electron chi connectivity index (χ1n) is 6.16. The van der Waals surface area contributed by atoms with Gasteiger partial charge in [0.15, 0.2) is 0 Å². The van der Waals surface area contributed by atoms with Gasteiger partial charge in [0.25, 0.3) is 5.91 Å². The standard InChI is InChI=1S/C14H13ClN2O2/c15-12-7-11(6-5-10(12)8-16)17-14(19)13(18)9-3-1-2-4-9/h5-7,9H,1-4H2,(H,17,19). The fourth-order valence-corrected chi connectivity index (χ4v) is 2.47. The monoisotopic (exact) mass is 276 g/mol. The highest BCUT2D eigenvalue weighted by Gasteiger charge is 2.28. The van der Waals surface area contributed by atoms with Crippen LogP contribution in [-0.2, 0) is 9.59 Å². The lowest BCUT2D eigenvalue weighted by molar-refractivity contribution is -0.137. The van der Waals surface area contributed by atoms with E-state index in [1.165, 1.54) is 12.1 Å². The molecular formula is C14H13ClN2O2. The smallest absolute Gasteiger partial charge is 0.292 e. The number of hydrogen-bond donors (Lipinski definition) is 1. The highest BCUT2D eigenvalue weighted by molar-refractivity contribution is 6.41. The Labute approximate surface area is 116 Å². The van der Waals surface area contributed by atoms with E-state index in [0.717, 1.165) is 25.7 Å². The van der Waals surface area contributed by atoms with Crippen LogP contribution >= 0.6 is 11.6 Å². The van der Waals surface area contributed by atoms with Crippen LogP contribution in [0.15, 0.2) is 18.2 Å². The third-order valence-electron chi connectivity index (χ3n) is 3.30. The minimum atomic E-state index is -0.604. The van der Waals surface area contributed by atoms with Crippen molar-refractivity contribution in [3.05, 3.63) is 28.8 Å². The fourth-order valence-electron chi connectivity index (χ4n) is 2.25. The van der Waals surface area contributed by atoms with Gasteiger partial charge in [0.05, 0.1) is 10.6 Å². The second-order valence-corrected chi connectivity index (χ2v) is 5.01. The summed E-state index contributed by atoms with van der Waals surface area (Å²) in [6.07, 6.45) is 3.60. The van der Waals surface area contributed by atoms with Crippen LogP contribution in [0.4, 0.5) is 5.69 Å². The molecule has 0 saturated heterocycles. The average Bonchev–Trinajstić information content (AvgIpc) is 2.92. The Kier molecular flexibility index (Phi) is 4.18. The molecule has 1 aromatic carbocycles. The highest BCUT2D eigenvalue weighted by Crippen LogP contribution is 2.26. The lowest BCUT2D eigenvalue weighted by Gasteiger charge is -2.09. The fraction of sp³-hybridized carbons (Fsp3) is 0.357. The predicted molar refractivity (Wildman–Crippen MR) is 71.8 cm³/mol. The molecule has 0 unspecified atom stereocenters. The SMILES string of the molecule is N#Cc1ccc(NC(=O)C(=O)C2CCCC2)cc1Cl. The third kappa shape index (κ3) is 3.12. The summed E-state index contributed by atoms with van der Waals surface area (Å²) in [6.45, 7) is 0. The molecule has 5 heteroatoms. The van der Waals surface area contributed by atoms with Crippen LogP contribution in [0.25, 0.3) is 0 Å². The van der Waals surface area contributed by atoms with E-state index in [1.807, 2.05) is 6.07 Å². The Morgan fingerprint density at radius 2 is 2.00 bits per heavy atom. The number of nitrogens with zero attached hydrogens (tertiary/aromatic N) is 1. The van der Waals surface area contributed by atoms with Gasteiger partial charge >= 0.3 is 0 Å². The number of carbonyl (C=O) groups is 2. The lowest BCUT2D eigenvalue weighted by Crippen LogP contribution is -2.28. The van der Waals surface area contributed by atoms with Crippen molar-refractivity contribution in [2.24, 2.45) is 5.92 Å². The van der Waals surface area contributed by atoms with Gasteiger partial charge < -0.3 is 5.32 Å². The van der Waals surface area contributed by atoms with E-state index in [4.69, 9.17) is 16.9 Å². The molecule has 0 radical (unpaired) electrons. The predicted octanol–water partition coefficient (Wildman–Crippen LogP) is 2.91. The maximum absolute atomic E-state index is 11.9. The lowest BCUT2D eigenvalue weighted by atomic mass is 10.0. The van der Waals surface area contributed by atoms with Crippen molar-refractivity contribution < 1.29 is 9.59 Å². The number of benzene rings is 1. The van der Waals surface area contributed by atoms with E-state index in [2.05, 4.69) is 5.32 Å². The molecule has 0 bridgehead atoms. The van der Waals surface area contributed by atoms with Crippen LogP contribution in [0.2, 0.25) is 5.02 Å². The second-order valence-electron chi connectivity index (χ2n) is 4.61. The second kappa shape index (κ2) is 5.85. The summed E-state index contributed by atoms with van der Waals surface area (Å²) in [6, 6.07) is 6.48. The van der Waals surface area contributed by atoms with Crippen molar-refractivity contribution in [2.45, 2.75) is 25.7 Å². The van der Waals surface area contributed by atoms with Gasteiger partial charge in [0.1, 0.15) is 6.07 Å². The van der Waals surface area contributed by atoms with Crippen LogP contribution < -0.4 is 5.32 Å². The quantitative estimate of drug-likeness (QED) is 0.863. The molecule has 1 N–H and O–H groups in total. The Balaban J connectivity index is 2.04. The molecular weight excluding hydrogens is 264 g/mol. The van der Waals surface area contributed by atoms with Crippen LogP contribution in [0.5, 0.6) is 0 Å². The number of nitriles is 1. The van der Waals surface area contributed by atoms with E-state index in [9.17, 15) is 9.59 Å². The van der Waals surface area contributed by atoms with Crippen LogP contribution in [-0.4, -0.2) is 11.7 Å². The molecule has 19 heavy (non-hydrogen) atoms. The summed E-state index contributed by atoms with van der Waals surface area (Å²) in [7, 11) is 0. The maximum Gasteiger partial charge on any atom is 0.292 e. The van der Waals surface area contributed by atoms with Crippen molar-refractivity contribution >= 4 is 29.0 Å². The summed E-state index contributed by atoms with van der Waals surface area (Å²) in [4.78, 5) is 23.7. The number of hydrogen-bond acceptors (Lipinski definition) is 3. The molecule has 2 rings (SSSR count). The molecule has 0 aromatic heterocycles. The number of rotatable bonds is 3. The first kappa shape index (κ1) is 13.6. The van der Waals surface area contributed by atoms with Crippen LogP contribution in [0.1, 0.15) is 31.2 Å². The molecule has 1 fully saturated rings. The number of carbonyl (C=O) groups excluding carboxylic acids is 2. The first-order valence-corrected chi connectivity index (χ1v) is 6.54. The van der Waals surface area contributed by atoms with Gasteiger partial charge in [-0.1, -0.05) is 24.4 Å². The number of anilines is 1. The van der Waals surface area contributed by atoms with Gasteiger partial charge in [-0.3, -0.25) is 9.59 Å². The molecule has 1 aliphatic carbocycles. The van der Waals surface area contributed by atoms with E-state index >= 15 is 0 Å². The van der Waals surface area contributed by atoms with Crippen LogP contribution in [0, 0.1) is 17.2 Å². The van der Waals surface area contributed by atoms with Gasteiger partial charge in [-0.25, -0.2) is 0 Å². The maximum atomic E-state index is 11.9. The molecule has 1 amide bonds. The van der Waals surface area contributed by atoms with Gasteiger partial charge in [-0.15, -0.1) is 0 Å². The van der Waals surface area contributed by atoms with Crippen LogP contribution in [0.3, 0.4) is 0 Å². The summed E-state index contributed by atoms with van der Waals surface area (Å²) < 4.78 is 0. The normalized spacial score (nSPS) is 14.9. The topological polar surface area (TPSA) is 70.0 Å². The largest absolute Gasteiger partial charge is 0.319 e. The molecule has 0 heterocycles. The third-order valence-corrected chi connectivity index (χ3v) is 3.61. The number of halogens is 1. The molecule has 0 atom stereocenters. The number of Topliss-reactive ketones (excluding diaryl/α,β-unsaturated/α-hetero) is 1. The van der Waals surface area contributed by atoms with Gasteiger partial charge in [-0.05, 0) is 31.0 Å². The Hall–Kier alpha value is -1.86. The Morgan fingerprint density at radius 1 is 1.32 bits per heavy atom. The number of amides is 1. The van der Waals surface area contributed by atoms with E-state index in [-0.39, 0.29) is 16.7 Å². The minimum absolute atomic E-state index is 0.145. The molecule has 1 aliphatic rings. The summed E-state index contributed by atoms with van der Waals surface area (Å²) in [5, 5.41) is 11.5. The number of ketones is 1. The summed E-state index contributed by atoms with van der Waals surface area (Å²) in [5.74, 6) is -1.11. The van der Waals surface area contributed by atoms with E-state index in [0.29, 0.717) is 11.3 Å². The molecule has 1 aromatic rings. The van der Waals surface area contributed by atoms with Crippen molar-refractivity contribution in [1.82, 2.24) is 0 Å². The van der Waals surface area contributed by atoms with E-state index < -0.39 is 5.91 Å². The highest BCUT2D eigenvalue weighted by atomic mass is 35.5. The van der Waals surface area contributed by atoms with Gasteiger partial charge in [0, 0.05) is 11.6 Å². The molecule has 98 valence electrons. The van der Waals surface area contributed by atoms with Gasteiger partial charge in [-0.2, -0.15) is 5.26 Å². The van der Waals surface area contributed by atoms with E-state index in [1.54, 1.807) is 6.07 Å². The van der Waals surface area contributed by atoms with Crippen molar-refractivity contribution in [3.63, 3.8) is 0 Å². The average molecular weight is 277 g/mol. The molecule has 0 aliphatic heterocycles. The van der Waals surface area contributed by atoms with Gasteiger partial charge in [0.2, 0.25) is 5.78 Å². The summed E-state index contributed by atoms with van der Waals surface area (Å²) >= 11 is 5.86.